The van der Waals surface area contributed by atoms with Crippen molar-refractivity contribution in [2.24, 2.45) is 0 Å². The second-order valence-electron chi connectivity index (χ2n) is 4.50. The molecule has 0 aliphatic carbocycles. The summed E-state index contributed by atoms with van der Waals surface area (Å²) in [5.74, 6) is 0.634. The Morgan fingerprint density at radius 2 is 2.00 bits per heavy atom. The summed E-state index contributed by atoms with van der Waals surface area (Å²) in [6, 6.07) is 3.55. The highest BCUT2D eigenvalue weighted by atomic mass is 79.9. The second-order valence-corrected chi connectivity index (χ2v) is 5.29. The number of halogens is 1. The van der Waals surface area contributed by atoms with Gasteiger partial charge < -0.3 is 4.90 Å². The summed E-state index contributed by atoms with van der Waals surface area (Å²) in [4.78, 5) is 17.6. The molecule has 100 valence electrons. The van der Waals surface area contributed by atoms with Gasteiger partial charge in [-0.15, -0.1) is 0 Å². The van der Waals surface area contributed by atoms with Gasteiger partial charge in [-0.3, -0.25) is 4.79 Å². The van der Waals surface area contributed by atoms with E-state index in [2.05, 4.69) is 26.0 Å². The Labute approximate surface area is 120 Å². The van der Waals surface area contributed by atoms with Gasteiger partial charge in [0.2, 0.25) is 0 Å². The van der Waals surface area contributed by atoms with E-state index in [1.54, 1.807) is 37.1 Å². The normalized spacial score (nSPS) is 10.6. The average molecular weight is 323 g/mol. The summed E-state index contributed by atoms with van der Waals surface area (Å²) in [5, 5.41) is 4.40. The van der Waals surface area contributed by atoms with Crippen LogP contribution in [0.5, 0.6) is 0 Å². The summed E-state index contributed by atoms with van der Waals surface area (Å²) < 4.78 is 2.73. The zero-order chi connectivity index (χ0) is 14.2. The SMILES string of the molecule is Cc1nn(-c2ccc(C(=O)N(C)C)cn2)c(C)c1Br. The van der Waals surface area contributed by atoms with Crippen molar-refractivity contribution in [3.63, 3.8) is 0 Å². The molecule has 2 aromatic heterocycles. The molecule has 0 fully saturated rings. The molecule has 19 heavy (non-hydrogen) atoms. The predicted molar refractivity (Wildman–Crippen MR) is 76.6 cm³/mol. The third kappa shape index (κ3) is 2.53. The van der Waals surface area contributed by atoms with Crippen molar-refractivity contribution < 1.29 is 4.79 Å². The van der Waals surface area contributed by atoms with Crippen molar-refractivity contribution in [1.82, 2.24) is 19.7 Å². The Morgan fingerprint density at radius 1 is 1.32 bits per heavy atom. The number of pyridine rings is 1. The molecule has 0 aliphatic rings. The minimum absolute atomic E-state index is 0.0615. The van der Waals surface area contributed by atoms with Gasteiger partial charge >= 0.3 is 0 Å². The summed E-state index contributed by atoms with van der Waals surface area (Å²) in [5.41, 5.74) is 2.46. The number of aromatic nitrogens is 3. The van der Waals surface area contributed by atoms with E-state index >= 15 is 0 Å². The van der Waals surface area contributed by atoms with Crippen LogP contribution in [0.1, 0.15) is 21.7 Å². The maximum Gasteiger partial charge on any atom is 0.254 e. The predicted octanol–water partition coefficient (Wildman–Crippen LogP) is 2.35. The summed E-state index contributed by atoms with van der Waals surface area (Å²) in [7, 11) is 3.43. The van der Waals surface area contributed by atoms with Gasteiger partial charge in [0.1, 0.15) is 0 Å². The molecular formula is C13H15BrN4O. The van der Waals surface area contributed by atoms with Gasteiger partial charge in [0.25, 0.3) is 5.91 Å². The van der Waals surface area contributed by atoms with Crippen LogP contribution in [0.15, 0.2) is 22.8 Å². The minimum atomic E-state index is -0.0615. The van der Waals surface area contributed by atoms with Gasteiger partial charge in [-0.1, -0.05) is 0 Å². The highest BCUT2D eigenvalue weighted by Gasteiger charge is 2.12. The molecule has 0 saturated heterocycles. The number of carbonyl (C=O) groups excluding carboxylic acids is 1. The van der Waals surface area contributed by atoms with E-state index in [1.165, 1.54) is 4.90 Å². The van der Waals surface area contributed by atoms with Crippen molar-refractivity contribution in [2.75, 3.05) is 14.1 Å². The van der Waals surface area contributed by atoms with Crippen molar-refractivity contribution in [3.05, 3.63) is 39.8 Å². The van der Waals surface area contributed by atoms with E-state index in [1.807, 2.05) is 13.8 Å². The lowest BCUT2D eigenvalue weighted by Gasteiger charge is -2.10. The van der Waals surface area contributed by atoms with Crippen molar-refractivity contribution in [3.8, 4) is 5.82 Å². The fourth-order valence-corrected chi connectivity index (χ4v) is 1.99. The van der Waals surface area contributed by atoms with Crippen LogP contribution in [0.3, 0.4) is 0 Å². The highest BCUT2D eigenvalue weighted by Crippen LogP contribution is 2.22. The van der Waals surface area contributed by atoms with Gasteiger partial charge in [-0.05, 0) is 41.9 Å². The van der Waals surface area contributed by atoms with Crippen LogP contribution in [0.2, 0.25) is 0 Å². The molecule has 0 unspecified atom stereocenters. The molecule has 2 rings (SSSR count). The van der Waals surface area contributed by atoms with E-state index in [-0.39, 0.29) is 5.91 Å². The molecule has 0 spiro atoms. The van der Waals surface area contributed by atoms with Crippen LogP contribution in [-0.2, 0) is 0 Å². The Balaban J connectivity index is 2.38. The number of amides is 1. The Morgan fingerprint density at radius 3 is 2.42 bits per heavy atom. The van der Waals surface area contributed by atoms with Crippen LogP contribution in [0.4, 0.5) is 0 Å². The molecular weight excluding hydrogens is 308 g/mol. The highest BCUT2D eigenvalue weighted by molar-refractivity contribution is 9.10. The van der Waals surface area contributed by atoms with Gasteiger partial charge in [-0.25, -0.2) is 9.67 Å². The van der Waals surface area contributed by atoms with Crippen LogP contribution in [-0.4, -0.2) is 39.7 Å². The first-order valence-electron chi connectivity index (χ1n) is 5.81. The molecule has 0 aromatic carbocycles. The lowest BCUT2D eigenvalue weighted by molar-refractivity contribution is 0.0827. The number of hydrogen-bond acceptors (Lipinski definition) is 3. The molecule has 5 nitrogen and oxygen atoms in total. The fraction of sp³-hybridized carbons (Fsp3) is 0.308. The summed E-state index contributed by atoms with van der Waals surface area (Å²) >= 11 is 3.48. The van der Waals surface area contributed by atoms with Crippen LogP contribution in [0, 0.1) is 13.8 Å². The maximum absolute atomic E-state index is 11.8. The van der Waals surface area contributed by atoms with Crippen LogP contribution < -0.4 is 0 Å². The molecule has 2 aromatic rings. The Hall–Kier alpha value is -1.69. The topological polar surface area (TPSA) is 51.0 Å². The molecule has 0 atom stereocenters. The quantitative estimate of drug-likeness (QED) is 0.852. The average Bonchev–Trinajstić information content (AvgIpc) is 2.66. The molecule has 6 heteroatoms. The molecule has 2 heterocycles. The maximum atomic E-state index is 11.8. The lowest BCUT2D eigenvalue weighted by Crippen LogP contribution is -2.21. The first kappa shape index (κ1) is 13.7. The van der Waals surface area contributed by atoms with Gasteiger partial charge in [0.05, 0.1) is 21.4 Å². The first-order valence-corrected chi connectivity index (χ1v) is 6.61. The minimum Gasteiger partial charge on any atom is -0.345 e. The van der Waals surface area contributed by atoms with Gasteiger partial charge in [0, 0.05) is 20.3 Å². The number of rotatable bonds is 2. The fourth-order valence-electron chi connectivity index (χ4n) is 1.74. The zero-order valence-corrected chi connectivity index (χ0v) is 12.9. The first-order chi connectivity index (χ1) is 8.91. The Bertz CT molecular complexity index is 616. The molecule has 0 saturated carbocycles. The number of aryl methyl sites for hydroxylation is 1. The van der Waals surface area contributed by atoms with Crippen LogP contribution in [0.25, 0.3) is 5.82 Å². The lowest BCUT2D eigenvalue weighted by atomic mass is 10.2. The summed E-state index contributed by atoms with van der Waals surface area (Å²) in [6.07, 6.45) is 1.57. The van der Waals surface area contributed by atoms with E-state index in [0.29, 0.717) is 11.4 Å². The number of hydrogen-bond donors (Lipinski definition) is 0. The Kier molecular flexibility index (Phi) is 3.71. The molecule has 0 aliphatic heterocycles. The van der Waals surface area contributed by atoms with Crippen molar-refractivity contribution >= 4 is 21.8 Å². The van der Waals surface area contributed by atoms with Crippen LogP contribution >= 0.6 is 15.9 Å². The second kappa shape index (κ2) is 5.13. The van der Waals surface area contributed by atoms with E-state index in [4.69, 9.17) is 0 Å². The van der Waals surface area contributed by atoms with Gasteiger partial charge in [0.15, 0.2) is 5.82 Å². The third-order valence-electron chi connectivity index (χ3n) is 2.82. The molecule has 1 amide bonds. The van der Waals surface area contributed by atoms with E-state index in [9.17, 15) is 4.79 Å². The monoisotopic (exact) mass is 322 g/mol. The molecule has 0 bridgehead atoms. The largest absolute Gasteiger partial charge is 0.345 e. The third-order valence-corrected chi connectivity index (χ3v) is 3.97. The smallest absolute Gasteiger partial charge is 0.254 e. The van der Waals surface area contributed by atoms with Crippen molar-refractivity contribution in [2.45, 2.75) is 13.8 Å². The number of carbonyl (C=O) groups is 1. The zero-order valence-electron chi connectivity index (χ0n) is 11.3. The molecule has 0 N–H and O–H groups in total. The molecule has 0 radical (unpaired) electrons. The van der Waals surface area contributed by atoms with E-state index in [0.717, 1.165) is 15.9 Å². The summed E-state index contributed by atoms with van der Waals surface area (Å²) in [6.45, 7) is 3.89. The number of nitrogens with zero attached hydrogens (tertiary/aromatic N) is 4. The standard InChI is InChI=1S/C13H15BrN4O/c1-8-12(14)9(2)18(16-8)11-6-5-10(7-15-11)13(19)17(3)4/h5-7H,1-4H3. The van der Waals surface area contributed by atoms with E-state index < -0.39 is 0 Å². The van der Waals surface area contributed by atoms with Gasteiger partial charge in [-0.2, -0.15) is 5.10 Å². The van der Waals surface area contributed by atoms with Crippen molar-refractivity contribution in [1.29, 1.82) is 0 Å².